The van der Waals surface area contributed by atoms with E-state index in [0.29, 0.717) is 31.2 Å². The van der Waals surface area contributed by atoms with Crippen molar-refractivity contribution < 1.29 is 4.79 Å². The Bertz CT molecular complexity index is 648. The van der Waals surface area contributed by atoms with Crippen LogP contribution in [0.25, 0.3) is 0 Å². The SMILES string of the molecule is NCCN(CCc1ccccc1)C(=O)c1cc(C2CCNC2)[nH]n1. The van der Waals surface area contributed by atoms with Crippen LogP contribution in [-0.2, 0) is 6.42 Å². The Morgan fingerprint density at radius 2 is 2.12 bits per heavy atom. The second-order valence-electron chi connectivity index (χ2n) is 6.21. The Balaban J connectivity index is 1.65. The third-order valence-electron chi connectivity index (χ3n) is 4.52. The largest absolute Gasteiger partial charge is 0.336 e. The molecule has 0 radical (unpaired) electrons. The Hall–Kier alpha value is -2.18. The van der Waals surface area contributed by atoms with E-state index < -0.39 is 0 Å². The van der Waals surface area contributed by atoms with Crippen LogP contribution in [0, 0.1) is 0 Å². The second-order valence-corrected chi connectivity index (χ2v) is 6.21. The lowest BCUT2D eigenvalue weighted by Crippen LogP contribution is -2.37. The number of H-pyrrole nitrogens is 1. The van der Waals surface area contributed by atoms with Crippen LogP contribution in [0.5, 0.6) is 0 Å². The molecule has 6 heteroatoms. The van der Waals surface area contributed by atoms with Gasteiger partial charge in [-0.3, -0.25) is 9.89 Å². The second kappa shape index (κ2) is 8.08. The lowest BCUT2D eigenvalue weighted by atomic mass is 10.0. The van der Waals surface area contributed by atoms with Crippen molar-refractivity contribution in [2.45, 2.75) is 18.8 Å². The Morgan fingerprint density at radius 3 is 2.83 bits per heavy atom. The van der Waals surface area contributed by atoms with E-state index in [1.165, 1.54) is 5.56 Å². The number of amides is 1. The highest BCUT2D eigenvalue weighted by Crippen LogP contribution is 2.21. The molecule has 0 aliphatic carbocycles. The molecule has 1 saturated heterocycles. The van der Waals surface area contributed by atoms with E-state index in [0.717, 1.165) is 31.6 Å². The fourth-order valence-electron chi connectivity index (χ4n) is 3.12. The number of carbonyl (C=O) groups excluding carboxylic acids is 1. The highest BCUT2D eigenvalue weighted by Gasteiger charge is 2.22. The van der Waals surface area contributed by atoms with Crippen LogP contribution < -0.4 is 11.1 Å². The highest BCUT2D eigenvalue weighted by atomic mass is 16.2. The number of hydrogen-bond acceptors (Lipinski definition) is 4. The number of benzene rings is 1. The summed E-state index contributed by atoms with van der Waals surface area (Å²) in [6, 6.07) is 12.1. The maximum absolute atomic E-state index is 12.8. The number of nitrogens with two attached hydrogens (primary N) is 1. The van der Waals surface area contributed by atoms with Gasteiger partial charge < -0.3 is 16.0 Å². The van der Waals surface area contributed by atoms with E-state index in [1.807, 2.05) is 24.3 Å². The first kappa shape index (κ1) is 16.7. The van der Waals surface area contributed by atoms with Crippen LogP contribution >= 0.6 is 0 Å². The van der Waals surface area contributed by atoms with Gasteiger partial charge >= 0.3 is 0 Å². The molecule has 0 saturated carbocycles. The van der Waals surface area contributed by atoms with Crippen molar-refractivity contribution in [3.05, 3.63) is 53.3 Å². The molecular weight excluding hydrogens is 302 g/mol. The first-order valence-corrected chi connectivity index (χ1v) is 8.57. The average Bonchev–Trinajstić information content (AvgIpc) is 3.30. The van der Waals surface area contributed by atoms with Gasteiger partial charge in [0.15, 0.2) is 0 Å². The summed E-state index contributed by atoms with van der Waals surface area (Å²) in [5, 5.41) is 10.6. The van der Waals surface area contributed by atoms with E-state index in [1.54, 1.807) is 4.90 Å². The third kappa shape index (κ3) is 4.01. The summed E-state index contributed by atoms with van der Waals surface area (Å²) < 4.78 is 0. The summed E-state index contributed by atoms with van der Waals surface area (Å²) in [6.07, 6.45) is 1.90. The van der Waals surface area contributed by atoms with Crippen molar-refractivity contribution in [3.8, 4) is 0 Å². The lowest BCUT2D eigenvalue weighted by molar-refractivity contribution is 0.0756. The lowest BCUT2D eigenvalue weighted by Gasteiger charge is -2.21. The third-order valence-corrected chi connectivity index (χ3v) is 4.52. The topological polar surface area (TPSA) is 87.0 Å². The molecule has 0 spiro atoms. The van der Waals surface area contributed by atoms with Gasteiger partial charge in [-0.05, 0) is 31.0 Å². The van der Waals surface area contributed by atoms with Crippen LogP contribution in [0.2, 0.25) is 0 Å². The van der Waals surface area contributed by atoms with Crippen molar-refractivity contribution in [1.29, 1.82) is 0 Å². The predicted molar refractivity (Wildman–Crippen MR) is 93.9 cm³/mol. The molecule has 2 aromatic rings. The Kier molecular flexibility index (Phi) is 5.61. The number of nitrogens with one attached hydrogen (secondary N) is 2. The molecule has 4 N–H and O–H groups in total. The van der Waals surface area contributed by atoms with Crippen molar-refractivity contribution in [2.24, 2.45) is 5.73 Å². The van der Waals surface area contributed by atoms with Gasteiger partial charge in [0, 0.05) is 37.8 Å². The van der Waals surface area contributed by atoms with E-state index in [2.05, 4.69) is 27.6 Å². The smallest absolute Gasteiger partial charge is 0.274 e. The Labute approximate surface area is 142 Å². The number of carbonyl (C=O) groups is 1. The van der Waals surface area contributed by atoms with Crippen molar-refractivity contribution >= 4 is 5.91 Å². The first-order chi connectivity index (χ1) is 11.8. The maximum Gasteiger partial charge on any atom is 0.274 e. The average molecular weight is 327 g/mol. The van der Waals surface area contributed by atoms with E-state index in [9.17, 15) is 4.79 Å². The summed E-state index contributed by atoms with van der Waals surface area (Å²) in [7, 11) is 0. The minimum atomic E-state index is -0.0511. The van der Waals surface area contributed by atoms with Gasteiger partial charge in [-0.1, -0.05) is 30.3 Å². The summed E-state index contributed by atoms with van der Waals surface area (Å²) in [5.74, 6) is 0.371. The number of aromatic nitrogens is 2. The molecule has 1 aliphatic rings. The molecule has 128 valence electrons. The van der Waals surface area contributed by atoms with Crippen LogP contribution in [0.1, 0.15) is 34.1 Å². The van der Waals surface area contributed by atoms with Crippen molar-refractivity contribution in [2.75, 3.05) is 32.7 Å². The van der Waals surface area contributed by atoms with Gasteiger partial charge in [-0.15, -0.1) is 0 Å². The van der Waals surface area contributed by atoms with Gasteiger partial charge in [-0.2, -0.15) is 5.10 Å². The molecule has 1 aromatic carbocycles. The molecule has 1 atom stereocenters. The molecular formula is C18H25N5O. The number of hydrogen-bond donors (Lipinski definition) is 3. The summed E-state index contributed by atoms with van der Waals surface area (Å²) in [4.78, 5) is 14.5. The zero-order chi connectivity index (χ0) is 16.8. The van der Waals surface area contributed by atoms with Gasteiger partial charge in [0.1, 0.15) is 5.69 Å². The number of aromatic amines is 1. The summed E-state index contributed by atoms with van der Waals surface area (Å²) >= 11 is 0. The highest BCUT2D eigenvalue weighted by molar-refractivity contribution is 5.92. The minimum absolute atomic E-state index is 0.0511. The normalized spacial score (nSPS) is 17.1. The molecule has 1 amide bonds. The quantitative estimate of drug-likeness (QED) is 0.711. The molecule has 1 fully saturated rings. The van der Waals surface area contributed by atoms with Gasteiger partial charge in [-0.25, -0.2) is 0 Å². The summed E-state index contributed by atoms with van der Waals surface area (Å²) in [6.45, 7) is 3.59. The maximum atomic E-state index is 12.8. The molecule has 2 heterocycles. The first-order valence-electron chi connectivity index (χ1n) is 8.57. The molecule has 6 nitrogen and oxygen atoms in total. The van der Waals surface area contributed by atoms with Crippen LogP contribution in [0.4, 0.5) is 0 Å². The van der Waals surface area contributed by atoms with E-state index in [-0.39, 0.29) is 5.91 Å². The van der Waals surface area contributed by atoms with Crippen molar-refractivity contribution in [1.82, 2.24) is 20.4 Å². The van der Waals surface area contributed by atoms with Crippen LogP contribution in [0.3, 0.4) is 0 Å². The predicted octanol–water partition coefficient (Wildman–Crippen LogP) is 1.13. The molecule has 1 unspecified atom stereocenters. The number of rotatable bonds is 7. The molecule has 1 aliphatic heterocycles. The van der Waals surface area contributed by atoms with E-state index in [4.69, 9.17) is 5.73 Å². The number of nitrogens with zero attached hydrogens (tertiary/aromatic N) is 2. The van der Waals surface area contributed by atoms with Gasteiger partial charge in [0.25, 0.3) is 5.91 Å². The zero-order valence-corrected chi connectivity index (χ0v) is 13.9. The minimum Gasteiger partial charge on any atom is -0.336 e. The zero-order valence-electron chi connectivity index (χ0n) is 13.9. The Morgan fingerprint density at radius 1 is 1.29 bits per heavy atom. The van der Waals surface area contributed by atoms with Gasteiger partial charge in [0.2, 0.25) is 0 Å². The molecule has 24 heavy (non-hydrogen) atoms. The molecule has 0 bridgehead atoms. The van der Waals surface area contributed by atoms with E-state index >= 15 is 0 Å². The molecule has 1 aromatic heterocycles. The molecule has 3 rings (SSSR count). The standard InChI is InChI=1S/C18H25N5O/c19-8-11-23(10-7-14-4-2-1-3-5-14)18(24)17-12-16(21-22-17)15-6-9-20-13-15/h1-5,12,15,20H,6-11,13,19H2,(H,21,22). The fourth-order valence-corrected chi connectivity index (χ4v) is 3.12. The summed E-state index contributed by atoms with van der Waals surface area (Å²) in [5.41, 5.74) is 8.43. The fraction of sp³-hybridized carbons (Fsp3) is 0.444. The monoisotopic (exact) mass is 327 g/mol. The van der Waals surface area contributed by atoms with Crippen molar-refractivity contribution in [3.63, 3.8) is 0 Å². The van der Waals surface area contributed by atoms with Crippen LogP contribution in [0.15, 0.2) is 36.4 Å². The van der Waals surface area contributed by atoms with Gasteiger partial charge in [0.05, 0.1) is 0 Å². The van der Waals surface area contributed by atoms with Crippen LogP contribution in [-0.4, -0.2) is 53.7 Å².